The molecule has 3 aromatic rings. The molecule has 1 aliphatic rings. The monoisotopic (exact) mass is 418 g/mol. The second kappa shape index (κ2) is 7.88. The zero-order valence-electron chi connectivity index (χ0n) is 18.7. The van der Waals surface area contributed by atoms with Gasteiger partial charge in [0.15, 0.2) is 5.11 Å². The number of hydrogen-bond donors (Lipinski definition) is 1. The number of thiocarbonyl (C=S) groups is 1. The molecule has 3 heterocycles. The predicted octanol–water partition coefficient (Wildman–Crippen LogP) is 5.41. The Morgan fingerprint density at radius 2 is 1.73 bits per heavy atom. The molecule has 0 aliphatic carbocycles. The first kappa shape index (κ1) is 20.6. The molecule has 2 aromatic heterocycles. The number of pyridine rings is 1. The average Bonchev–Trinajstić information content (AvgIpc) is 3.18. The van der Waals surface area contributed by atoms with Crippen molar-refractivity contribution in [1.29, 1.82) is 0 Å². The molecule has 0 bridgehead atoms. The fourth-order valence-corrected chi connectivity index (χ4v) is 5.41. The molecule has 0 spiro atoms. The summed E-state index contributed by atoms with van der Waals surface area (Å²) in [5.74, 6) is 0. The summed E-state index contributed by atoms with van der Waals surface area (Å²) in [5, 5.41) is 4.33. The predicted molar refractivity (Wildman–Crippen MR) is 127 cm³/mol. The summed E-state index contributed by atoms with van der Waals surface area (Å²) in [7, 11) is 0. The van der Waals surface area contributed by atoms with Crippen LogP contribution in [0.3, 0.4) is 0 Å². The lowest BCUT2D eigenvalue weighted by Crippen LogP contribution is -2.29. The standard InChI is InChI=1S/C25H30N4S/c1-7-28-24(22(27-25(28)30)21-10-8-9-11-26-21)20-14-18(5)29(19(20)6)23-16(3)12-15(2)13-17(23)4/h8-14,22,24H,7H2,1-6H3,(H,27,30)/t22-,24+/m1/s1. The van der Waals surface area contributed by atoms with Crippen LogP contribution in [0.15, 0.2) is 42.6 Å². The van der Waals surface area contributed by atoms with Gasteiger partial charge in [0.05, 0.1) is 23.5 Å². The maximum Gasteiger partial charge on any atom is 0.170 e. The van der Waals surface area contributed by atoms with Crippen molar-refractivity contribution in [2.45, 2.75) is 53.6 Å². The van der Waals surface area contributed by atoms with Gasteiger partial charge >= 0.3 is 0 Å². The lowest BCUT2D eigenvalue weighted by Gasteiger charge is -2.27. The molecule has 1 aliphatic heterocycles. The normalized spacial score (nSPS) is 18.7. The number of hydrogen-bond acceptors (Lipinski definition) is 2. The zero-order valence-corrected chi connectivity index (χ0v) is 19.5. The van der Waals surface area contributed by atoms with Crippen LogP contribution in [0, 0.1) is 34.6 Å². The minimum absolute atomic E-state index is 0.0350. The molecule has 4 nitrogen and oxygen atoms in total. The second-order valence-corrected chi connectivity index (χ2v) is 8.71. The summed E-state index contributed by atoms with van der Waals surface area (Å²) in [5.41, 5.74) is 10.0. The van der Waals surface area contributed by atoms with Crippen LogP contribution in [-0.2, 0) is 0 Å². The molecule has 156 valence electrons. The second-order valence-electron chi connectivity index (χ2n) is 8.32. The van der Waals surface area contributed by atoms with Gasteiger partial charge in [0.2, 0.25) is 0 Å². The van der Waals surface area contributed by atoms with Crippen molar-refractivity contribution in [3.8, 4) is 5.69 Å². The summed E-state index contributed by atoms with van der Waals surface area (Å²) >= 11 is 5.71. The van der Waals surface area contributed by atoms with Gasteiger partial charge in [-0.05, 0) is 88.6 Å². The van der Waals surface area contributed by atoms with E-state index in [0.717, 1.165) is 17.4 Å². The Morgan fingerprint density at radius 3 is 2.33 bits per heavy atom. The van der Waals surface area contributed by atoms with Gasteiger partial charge in [0.25, 0.3) is 0 Å². The van der Waals surface area contributed by atoms with Gasteiger partial charge in [-0.1, -0.05) is 23.8 Å². The first-order chi connectivity index (χ1) is 14.3. The van der Waals surface area contributed by atoms with E-state index in [4.69, 9.17) is 12.2 Å². The number of aryl methyl sites for hydroxylation is 4. The molecular formula is C25H30N4S. The van der Waals surface area contributed by atoms with Crippen LogP contribution in [0.5, 0.6) is 0 Å². The fourth-order valence-electron chi connectivity index (χ4n) is 5.04. The quantitative estimate of drug-likeness (QED) is 0.575. The van der Waals surface area contributed by atoms with Crippen molar-refractivity contribution in [2.24, 2.45) is 0 Å². The Balaban J connectivity index is 1.88. The van der Waals surface area contributed by atoms with Crippen LogP contribution in [0.2, 0.25) is 0 Å². The molecular weight excluding hydrogens is 388 g/mol. The molecule has 1 aromatic carbocycles. The molecule has 0 radical (unpaired) electrons. The Bertz CT molecular complexity index is 1080. The molecule has 1 saturated heterocycles. The van der Waals surface area contributed by atoms with Crippen LogP contribution in [-0.4, -0.2) is 26.1 Å². The summed E-state index contributed by atoms with van der Waals surface area (Å²) in [6.45, 7) is 14.0. The Morgan fingerprint density at radius 1 is 1.03 bits per heavy atom. The van der Waals surface area contributed by atoms with Gasteiger partial charge in [-0.15, -0.1) is 0 Å². The summed E-state index contributed by atoms with van der Waals surface area (Å²) in [6, 6.07) is 13.1. The lowest BCUT2D eigenvalue weighted by atomic mass is 9.96. The molecule has 1 fully saturated rings. The van der Waals surface area contributed by atoms with Gasteiger partial charge < -0.3 is 14.8 Å². The number of benzene rings is 1. The molecule has 0 unspecified atom stereocenters. The SMILES string of the molecule is CCN1C(=S)N[C@H](c2ccccn2)[C@@H]1c1cc(C)n(-c2c(C)cc(C)cc2C)c1C. The Hall–Kier alpha value is -2.66. The Labute approximate surface area is 184 Å². The molecule has 1 N–H and O–H groups in total. The number of rotatable bonds is 4. The van der Waals surface area contributed by atoms with Gasteiger partial charge in [0.1, 0.15) is 0 Å². The van der Waals surface area contributed by atoms with Crippen LogP contribution < -0.4 is 5.32 Å². The van der Waals surface area contributed by atoms with Crippen LogP contribution in [0.25, 0.3) is 5.69 Å². The van der Waals surface area contributed by atoms with E-state index in [0.29, 0.717) is 0 Å². The van der Waals surface area contributed by atoms with E-state index in [1.807, 2.05) is 18.3 Å². The number of aromatic nitrogens is 2. The fraction of sp³-hybridized carbons (Fsp3) is 0.360. The summed E-state index contributed by atoms with van der Waals surface area (Å²) in [6.07, 6.45) is 1.86. The summed E-state index contributed by atoms with van der Waals surface area (Å²) in [4.78, 5) is 6.93. The van der Waals surface area contributed by atoms with Crippen LogP contribution in [0.4, 0.5) is 0 Å². The molecule has 5 heteroatoms. The van der Waals surface area contributed by atoms with E-state index >= 15 is 0 Å². The third-order valence-corrected chi connectivity index (χ3v) is 6.54. The molecule has 0 saturated carbocycles. The maximum absolute atomic E-state index is 5.71. The Kier molecular flexibility index (Phi) is 5.41. The van der Waals surface area contributed by atoms with Crippen LogP contribution >= 0.6 is 12.2 Å². The van der Waals surface area contributed by atoms with E-state index in [2.05, 4.69) is 85.6 Å². The van der Waals surface area contributed by atoms with Crippen molar-refractivity contribution < 1.29 is 0 Å². The van der Waals surface area contributed by atoms with Gasteiger partial charge in [-0.25, -0.2) is 0 Å². The third kappa shape index (κ3) is 3.31. The highest BCUT2D eigenvalue weighted by atomic mass is 32.1. The van der Waals surface area contributed by atoms with Gasteiger partial charge in [0, 0.05) is 24.1 Å². The van der Waals surface area contributed by atoms with Crippen molar-refractivity contribution in [2.75, 3.05) is 6.54 Å². The first-order valence-electron chi connectivity index (χ1n) is 10.6. The maximum atomic E-state index is 5.71. The molecule has 2 atom stereocenters. The van der Waals surface area contributed by atoms with Crippen molar-refractivity contribution in [1.82, 2.24) is 19.8 Å². The largest absolute Gasteiger partial charge is 0.352 e. The van der Waals surface area contributed by atoms with E-state index in [-0.39, 0.29) is 12.1 Å². The van der Waals surface area contributed by atoms with E-state index in [1.54, 1.807) is 0 Å². The molecule has 30 heavy (non-hydrogen) atoms. The van der Waals surface area contributed by atoms with Crippen molar-refractivity contribution >= 4 is 17.3 Å². The highest BCUT2D eigenvalue weighted by Crippen LogP contribution is 2.41. The van der Waals surface area contributed by atoms with Crippen molar-refractivity contribution in [3.63, 3.8) is 0 Å². The highest BCUT2D eigenvalue weighted by Gasteiger charge is 2.40. The topological polar surface area (TPSA) is 33.1 Å². The first-order valence-corrected chi connectivity index (χ1v) is 11.0. The smallest absolute Gasteiger partial charge is 0.170 e. The highest BCUT2D eigenvalue weighted by molar-refractivity contribution is 7.80. The third-order valence-electron chi connectivity index (χ3n) is 6.19. The van der Waals surface area contributed by atoms with Crippen LogP contribution in [0.1, 0.15) is 58.3 Å². The van der Waals surface area contributed by atoms with Crippen molar-refractivity contribution in [3.05, 3.63) is 81.9 Å². The van der Waals surface area contributed by atoms with E-state index in [1.165, 1.54) is 39.3 Å². The minimum atomic E-state index is 0.0350. The van der Waals surface area contributed by atoms with E-state index in [9.17, 15) is 0 Å². The molecule has 4 rings (SSSR count). The average molecular weight is 419 g/mol. The number of likely N-dealkylation sites (N-methyl/N-ethyl adjacent to an activating group) is 1. The minimum Gasteiger partial charge on any atom is -0.352 e. The molecule has 0 amide bonds. The number of nitrogens with zero attached hydrogens (tertiary/aromatic N) is 3. The lowest BCUT2D eigenvalue weighted by molar-refractivity contribution is 0.329. The van der Waals surface area contributed by atoms with Gasteiger partial charge in [-0.2, -0.15) is 0 Å². The van der Waals surface area contributed by atoms with Gasteiger partial charge in [-0.3, -0.25) is 4.98 Å². The zero-order chi connectivity index (χ0) is 21.6. The number of nitrogens with one attached hydrogen (secondary N) is 1. The summed E-state index contributed by atoms with van der Waals surface area (Å²) < 4.78 is 2.41. The van der Waals surface area contributed by atoms with E-state index < -0.39 is 0 Å².